The standard InChI is InChI=1S/C21H18FN3O4S/c1-29-20-8-3-2-7-19(20)25-30(27,28)18-6-4-5-16(13-18)21(26)24-23-14-15-9-11-17(22)12-10-15/h2-14,25H,1H3,(H,24,26)/b23-14+. The number of methoxy groups -OCH3 is 1. The first-order chi connectivity index (χ1) is 14.4. The maximum atomic E-state index is 12.9. The fourth-order valence-corrected chi connectivity index (χ4v) is 3.63. The largest absolute Gasteiger partial charge is 0.495 e. The van der Waals surface area contributed by atoms with Gasteiger partial charge in [0.05, 0.1) is 23.9 Å². The Morgan fingerprint density at radius 1 is 1.03 bits per heavy atom. The molecule has 0 spiro atoms. The Labute approximate surface area is 173 Å². The van der Waals surface area contributed by atoms with Gasteiger partial charge in [-0.05, 0) is 48.0 Å². The highest BCUT2D eigenvalue weighted by molar-refractivity contribution is 7.92. The number of anilines is 1. The van der Waals surface area contributed by atoms with Crippen molar-refractivity contribution in [3.05, 3.63) is 89.7 Å². The minimum atomic E-state index is -3.95. The van der Waals surface area contributed by atoms with E-state index in [2.05, 4.69) is 15.2 Å². The zero-order chi connectivity index (χ0) is 21.6. The molecule has 3 rings (SSSR count). The van der Waals surface area contributed by atoms with Crippen molar-refractivity contribution in [1.82, 2.24) is 5.43 Å². The van der Waals surface area contributed by atoms with E-state index in [4.69, 9.17) is 4.74 Å². The van der Waals surface area contributed by atoms with E-state index < -0.39 is 15.9 Å². The Morgan fingerprint density at radius 2 is 1.77 bits per heavy atom. The fraction of sp³-hybridized carbons (Fsp3) is 0.0476. The third-order valence-corrected chi connectivity index (χ3v) is 5.37. The number of hydrogen-bond acceptors (Lipinski definition) is 5. The smallest absolute Gasteiger partial charge is 0.271 e. The van der Waals surface area contributed by atoms with Crippen LogP contribution in [0.3, 0.4) is 0 Å². The summed E-state index contributed by atoms with van der Waals surface area (Å²) in [6, 6.07) is 17.6. The lowest BCUT2D eigenvalue weighted by molar-refractivity contribution is 0.0955. The van der Waals surface area contributed by atoms with Gasteiger partial charge in [-0.25, -0.2) is 18.2 Å². The molecule has 0 aliphatic rings. The van der Waals surface area contributed by atoms with Crippen LogP contribution in [0.1, 0.15) is 15.9 Å². The Balaban J connectivity index is 1.74. The molecule has 30 heavy (non-hydrogen) atoms. The van der Waals surface area contributed by atoms with Gasteiger partial charge in [-0.1, -0.05) is 30.3 Å². The first-order valence-corrected chi connectivity index (χ1v) is 10.2. The van der Waals surface area contributed by atoms with Crippen LogP contribution in [0.15, 0.2) is 82.8 Å². The number of nitrogens with zero attached hydrogens (tertiary/aromatic N) is 1. The van der Waals surface area contributed by atoms with E-state index in [1.165, 1.54) is 61.9 Å². The van der Waals surface area contributed by atoms with E-state index in [-0.39, 0.29) is 22.0 Å². The second-order valence-corrected chi connectivity index (χ2v) is 7.77. The van der Waals surface area contributed by atoms with Crippen molar-refractivity contribution in [3.8, 4) is 5.75 Å². The molecule has 0 unspecified atom stereocenters. The van der Waals surface area contributed by atoms with Gasteiger partial charge < -0.3 is 4.74 Å². The Bertz CT molecular complexity index is 1180. The zero-order valence-electron chi connectivity index (χ0n) is 15.9. The number of para-hydroxylation sites is 2. The Morgan fingerprint density at radius 3 is 2.50 bits per heavy atom. The van der Waals surface area contributed by atoms with Gasteiger partial charge in [0.15, 0.2) is 0 Å². The van der Waals surface area contributed by atoms with Gasteiger partial charge in [-0.15, -0.1) is 0 Å². The number of hydrazone groups is 1. The van der Waals surface area contributed by atoms with Crippen LogP contribution in [0.4, 0.5) is 10.1 Å². The van der Waals surface area contributed by atoms with Crippen LogP contribution < -0.4 is 14.9 Å². The quantitative estimate of drug-likeness (QED) is 0.446. The van der Waals surface area contributed by atoms with Crippen LogP contribution in [0, 0.1) is 5.82 Å². The SMILES string of the molecule is COc1ccccc1NS(=O)(=O)c1cccc(C(=O)N/N=C/c2ccc(F)cc2)c1. The second kappa shape index (κ2) is 9.19. The minimum Gasteiger partial charge on any atom is -0.495 e. The monoisotopic (exact) mass is 427 g/mol. The predicted molar refractivity (Wildman–Crippen MR) is 112 cm³/mol. The molecule has 0 heterocycles. The molecule has 7 nitrogen and oxygen atoms in total. The van der Waals surface area contributed by atoms with Gasteiger partial charge in [0.1, 0.15) is 11.6 Å². The number of ether oxygens (including phenoxy) is 1. The lowest BCUT2D eigenvalue weighted by Gasteiger charge is -2.12. The van der Waals surface area contributed by atoms with Crippen molar-refractivity contribution in [1.29, 1.82) is 0 Å². The minimum absolute atomic E-state index is 0.0939. The van der Waals surface area contributed by atoms with E-state index in [1.54, 1.807) is 24.3 Å². The molecular formula is C21H18FN3O4S. The first-order valence-electron chi connectivity index (χ1n) is 8.74. The molecule has 0 fully saturated rings. The van der Waals surface area contributed by atoms with Gasteiger partial charge in [-0.3, -0.25) is 9.52 Å². The van der Waals surface area contributed by atoms with Crippen LogP contribution in [0.2, 0.25) is 0 Å². The highest BCUT2D eigenvalue weighted by Gasteiger charge is 2.18. The average Bonchev–Trinajstić information content (AvgIpc) is 2.75. The van der Waals surface area contributed by atoms with Crippen LogP contribution in [0.25, 0.3) is 0 Å². The fourth-order valence-electron chi connectivity index (χ4n) is 2.52. The van der Waals surface area contributed by atoms with Crippen molar-refractivity contribution in [2.75, 3.05) is 11.8 Å². The van der Waals surface area contributed by atoms with Crippen molar-refractivity contribution in [3.63, 3.8) is 0 Å². The molecule has 0 bridgehead atoms. The number of nitrogens with one attached hydrogen (secondary N) is 2. The zero-order valence-corrected chi connectivity index (χ0v) is 16.7. The maximum absolute atomic E-state index is 12.9. The van der Waals surface area contributed by atoms with E-state index in [9.17, 15) is 17.6 Å². The summed E-state index contributed by atoms with van der Waals surface area (Å²) in [5.41, 5.74) is 3.28. The highest BCUT2D eigenvalue weighted by atomic mass is 32.2. The third kappa shape index (κ3) is 5.21. The van der Waals surface area contributed by atoms with Gasteiger partial charge in [0.25, 0.3) is 15.9 Å². The normalized spacial score (nSPS) is 11.3. The molecule has 9 heteroatoms. The molecule has 0 aromatic heterocycles. The van der Waals surface area contributed by atoms with Crippen LogP contribution in [-0.2, 0) is 10.0 Å². The number of sulfonamides is 1. The molecule has 0 aliphatic heterocycles. The first kappa shape index (κ1) is 21.0. The van der Waals surface area contributed by atoms with E-state index in [1.807, 2.05) is 0 Å². The number of carbonyl (C=O) groups excluding carboxylic acids is 1. The topological polar surface area (TPSA) is 96.9 Å². The summed E-state index contributed by atoms with van der Waals surface area (Å²) in [4.78, 5) is 12.2. The summed E-state index contributed by atoms with van der Waals surface area (Å²) >= 11 is 0. The van der Waals surface area contributed by atoms with Crippen LogP contribution in [-0.4, -0.2) is 27.6 Å². The molecule has 2 N–H and O–H groups in total. The molecular weight excluding hydrogens is 409 g/mol. The van der Waals surface area contributed by atoms with Crippen molar-refractivity contribution < 1.29 is 22.3 Å². The number of carbonyl (C=O) groups is 1. The van der Waals surface area contributed by atoms with E-state index in [0.717, 1.165) is 0 Å². The highest BCUT2D eigenvalue weighted by Crippen LogP contribution is 2.26. The summed E-state index contributed by atoms with van der Waals surface area (Å²) in [6.45, 7) is 0. The molecule has 0 aliphatic carbocycles. The summed E-state index contributed by atoms with van der Waals surface area (Å²) in [6.07, 6.45) is 1.35. The molecule has 0 radical (unpaired) electrons. The van der Waals surface area contributed by atoms with Crippen LogP contribution in [0.5, 0.6) is 5.75 Å². The Kier molecular flexibility index (Phi) is 6.43. The Hall–Kier alpha value is -3.72. The van der Waals surface area contributed by atoms with Crippen LogP contribution >= 0.6 is 0 Å². The van der Waals surface area contributed by atoms with Gasteiger partial charge in [-0.2, -0.15) is 5.10 Å². The third-order valence-electron chi connectivity index (χ3n) is 4.01. The number of halogens is 1. The van der Waals surface area contributed by atoms with Gasteiger partial charge >= 0.3 is 0 Å². The lowest BCUT2D eigenvalue weighted by atomic mass is 10.2. The van der Waals surface area contributed by atoms with Crippen molar-refractivity contribution in [2.45, 2.75) is 4.90 Å². The molecule has 0 saturated carbocycles. The number of amides is 1. The van der Waals surface area contributed by atoms with Gasteiger partial charge in [0, 0.05) is 5.56 Å². The molecule has 0 atom stereocenters. The van der Waals surface area contributed by atoms with Gasteiger partial charge in [0.2, 0.25) is 0 Å². The summed E-state index contributed by atoms with van der Waals surface area (Å²) < 4.78 is 45.9. The molecule has 154 valence electrons. The van der Waals surface area contributed by atoms with E-state index in [0.29, 0.717) is 11.3 Å². The van der Waals surface area contributed by atoms with E-state index >= 15 is 0 Å². The predicted octanol–water partition coefficient (Wildman–Crippen LogP) is 3.40. The summed E-state index contributed by atoms with van der Waals surface area (Å²) in [5, 5.41) is 3.80. The molecule has 1 amide bonds. The van der Waals surface area contributed by atoms with Crippen molar-refractivity contribution >= 4 is 27.8 Å². The molecule has 0 saturated heterocycles. The van der Waals surface area contributed by atoms with Crippen molar-refractivity contribution in [2.24, 2.45) is 5.10 Å². The maximum Gasteiger partial charge on any atom is 0.271 e. The second-order valence-electron chi connectivity index (χ2n) is 6.08. The molecule has 3 aromatic carbocycles. The lowest BCUT2D eigenvalue weighted by Crippen LogP contribution is -2.19. The summed E-state index contributed by atoms with van der Waals surface area (Å²) in [7, 11) is -2.52. The number of hydrogen-bond donors (Lipinski definition) is 2. The summed E-state index contributed by atoms with van der Waals surface area (Å²) in [5.74, 6) is -0.608. The molecule has 3 aromatic rings. The average molecular weight is 427 g/mol. The number of benzene rings is 3. The number of rotatable bonds is 7.